The van der Waals surface area contributed by atoms with Crippen molar-refractivity contribution in [3.63, 3.8) is 0 Å². The maximum absolute atomic E-state index is 13.1. The molecular formula is C18H20Cl3N3O. The molecule has 3 rings (SSSR count). The maximum atomic E-state index is 13.1. The molecule has 1 fully saturated rings. The summed E-state index contributed by atoms with van der Waals surface area (Å²) in [4.78, 5) is 19.2. The minimum Gasteiger partial charge on any atom is -0.333 e. The van der Waals surface area contributed by atoms with E-state index in [1.54, 1.807) is 18.3 Å². The highest BCUT2D eigenvalue weighted by Gasteiger charge is 2.31. The zero-order valence-electron chi connectivity index (χ0n) is 13.8. The van der Waals surface area contributed by atoms with Gasteiger partial charge >= 0.3 is 0 Å². The number of carbonyl (C=O) groups is 1. The van der Waals surface area contributed by atoms with Crippen LogP contribution in [0.25, 0.3) is 0 Å². The molecule has 1 aliphatic heterocycles. The lowest BCUT2D eigenvalue weighted by molar-refractivity contribution is -0.135. The Morgan fingerprint density at radius 3 is 2.80 bits per heavy atom. The quantitative estimate of drug-likeness (QED) is 0.844. The average molecular weight is 401 g/mol. The molecule has 4 nitrogen and oxygen atoms in total. The van der Waals surface area contributed by atoms with Crippen molar-refractivity contribution in [2.45, 2.75) is 18.9 Å². The molecule has 1 aliphatic rings. The number of aromatic nitrogens is 1. The van der Waals surface area contributed by atoms with Crippen molar-refractivity contribution < 1.29 is 4.79 Å². The van der Waals surface area contributed by atoms with Crippen LogP contribution in [0.2, 0.25) is 10.0 Å². The summed E-state index contributed by atoms with van der Waals surface area (Å²) in [5.41, 5.74) is 1.91. The number of amides is 1. The van der Waals surface area contributed by atoms with E-state index in [1.165, 1.54) is 0 Å². The molecule has 1 aromatic carbocycles. The number of carbonyl (C=O) groups excluding carboxylic acids is 1. The molecular weight excluding hydrogens is 381 g/mol. The molecule has 25 heavy (non-hydrogen) atoms. The maximum Gasteiger partial charge on any atom is 0.230 e. The molecule has 1 amide bonds. The Hall–Kier alpha value is -1.33. The summed E-state index contributed by atoms with van der Waals surface area (Å²) in [7, 11) is 0. The summed E-state index contributed by atoms with van der Waals surface area (Å²) in [5, 5.41) is 4.32. The van der Waals surface area contributed by atoms with Crippen molar-refractivity contribution >= 4 is 41.5 Å². The Labute approximate surface area is 163 Å². The first kappa shape index (κ1) is 20.0. The van der Waals surface area contributed by atoms with E-state index in [0.717, 1.165) is 24.2 Å². The van der Waals surface area contributed by atoms with Crippen molar-refractivity contribution in [3.8, 4) is 0 Å². The Morgan fingerprint density at radius 1 is 1.32 bits per heavy atom. The molecule has 1 aromatic heterocycles. The highest BCUT2D eigenvalue weighted by molar-refractivity contribution is 6.42. The monoisotopic (exact) mass is 399 g/mol. The van der Waals surface area contributed by atoms with Crippen LogP contribution in [-0.2, 0) is 4.79 Å². The molecule has 2 heterocycles. The Bertz CT molecular complexity index is 727. The van der Waals surface area contributed by atoms with E-state index in [-0.39, 0.29) is 30.3 Å². The van der Waals surface area contributed by atoms with Crippen LogP contribution >= 0.6 is 35.6 Å². The molecule has 2 unspecified atom stereocenters. The summed E-state index contributed by atoms with van der Waals surface area (Å²) >= 11 is 12.1. The van der Waals surface area contributed by atoms with Gasteiger partial charge in [0, 0.05) is 32.0 Å². The summed E-state index contributed by atoms with van der Waals surface area (Å²) in [6.45, 7) is 4.09. The second-order valence-electron chi connectivity index (χ2n) is 5.93. The lowest BCUT2D eigenvalue weighted by atomic mass is 9.97. The number of piperazine rings is 1. The third kappa shape index (κ3) is 4.45. The van der Waals surface area contributed by atoms with Gasteiger partial charge in [0.05, 0.1) is 22.0 Å². The first-order chi connectivity index (χ1) is 11.6. The van der Waals surface area contributed by atoms with Gasteiger partial charge in [-0.2, -0.15) is 0 Å². The molecule has 0 aliphatic carbocycles. The van der Waals surface area contributed by atoms with Crippen molar-refractivity contribution in [3.05, 3.63) is 63.9 Å². The van der Waals surface area contributed by atoms with Gasteiger partial charge in [0.25, 0.3) is 0 Å². The van der Waals surface area contributed by atoms with Crippen LogP contribution in [0, 0.1) is 0 Å². The third-order valence-electron chi connectivity index (χ3n) is 4.41. The number of nitrogens with zero attached hydrogens (tertiary/aromatic N) is 2. The van der Waals surface area contributed by atoms with Gasteiger partial charge < -0.3 is 10.2 Å². The van der Waals surface area contributed by atoms with E-state index < -0.39 is 0 Å². The van der Waals surface area contributed by atoms with Crippen molar-refractivity contribution in [1.82, 2.24) is 15.2 Å². The van der Waals surface area contributed by atoms with Crippen molar-refractivity contribution in [2.24, 2.45) is 0 Å². The molecule has 2 aromatic rings. The fourth-order valence-electron chi connectivity index (χ4n) is 3.01. The average Bonchev–Trinajstić information content (AvgIpc) is 2.63. The number of pyridine rings is 1. The molecule has 1 saturated heterocycles. The summed E-state index contributed by atoms with van der Waals surface area (Å²) in [6.07, 6.45) is 3.56. The van der Waals surface area contributed by atoms with E-state index in [9.17, 15) is 4.79 Å². The number of nitrogens with one attached hydrogen (secondary N) is 1. The summed E-state index contributed by atoms with van der Waals surface area (Å²) in [6, 6.07) is 9.26. The second-order valence-corrected chi connectivity index (χ2v) is 6.75. The molecule has 0 bridgehead atoms. The van der Waals surface area contributed by atoms with E-state index in [1.807, 2.05) is 36.2 Å². The van der Waals surface area contributed by atoms with Gasteiger partial charge in [-0.05, 0) is 36.2 Å². The normalized spacial score (nSPS) is 18.4. The number of hydrogen-bond donors (Lipinski definition) is 1. The fraction of sp³-hybridized carbons (Fsp3) is 0.333. The van der Waals surface area contributed by atoms with E-state index >= 15 is 0 Å². The molecule has 0 radical (unpaired) electrons. The van der Waals surface area contributed by atoms with Crippen LogP contribution in [0.4, 0.5) is 0 Å². The molecule has 2 atom stereocenters. The molecule has 7 heteroatoms. The van der Waals surface area contributed by atoms with E-state index in [2.05, 4.69) is 10.3 Å². The highest BCUT2D eigenvalue weighted by Crippen LogP contribution is 2.30. The van der Waals surface area contributed by atoms with Crippen LogP contribution in [0.5, 0.6) is 0 Å². The van der Waals surface area contributed by atoms with E-state index in [4.69, 9.17) is 23.2 Å². The standard InChI is InChI=1S/C18H19Cl2N3O.ClH/c1-12(13-4-5-15(19)16(20)9-13)18(24)23-8-7-22-11-17(23)14-3-2-6-21-10-14;/h2-6,9-10,12,17,22H,7-8,11H2,1H3;1H. The smallest absolute Gasteiger partial charge is 0.230 e. The predicted molar refractivity (Wildman–Crippen MR) is 104 cm³/mol. The van der Waals surface area contributed by atoms with Crippen LogP contribution in [0.3, 0.4) is 0 Å². The topological polar surface area (TPSA) is 45.2 Å². The van der Waals surface area contributed by atoms with Gasteiger partial charge in [0.1, 0.15) is 0 Å². The SMILES string of the molecule is CC(C(=O)N1CCNCC1c1cccnc1)c1ccc(Cl)c(Cl)c1.Cl. The van der Waals surface area contributed by atoms with Gasteiger partial charge in [-0.15, -0.1) is 12.4 Å². The van der Waals surface area contributed by atoms with Gasteiger partial charge in [0.2, 0.25) is 5.91 Å². The Balaban J connectivity index is 0.00000225. The molecule has 0 spiro atoms. The van der Waals surface area contributed by atoms with Crippen LogP contribution in [-0.4, -0.2) is 35.4 Å². The second kappa shape index (κ2) is 8.86. The van der Waals surface area contributed by atoms with Crippen molar-refractivity contribution in [1.29, 1.82) is 0 Å². The number of halogens is 3. The Morgan fingerprint density at radius 2 is 2.12 bits per heavy atom. The predicted octanol–water partition coefficient (Wildman–Crippen LogP) is 4.09. The highest BCUT2D eigenvalue weighted by atomic mass is 35.5. The van der Waals surface area contributed by atoms with Crippen LogP contribution in [0.1, 0.15) is 30.0 Å². The largest absolute Gasteiger partial charge is 0.333 e. The first-order valence-electron chi connectivity index (χ1n) is 7.94. The van der Waals surface area contributed by atoms with Gasteiger partial charge in [-0.25, -0.2) is 0 Å². The number of benzene rings is 1. The summed E-state index contributed by atoms with van der Waals surface area (Å²) in [5.74, 6) is -0.194. The zero-order chi connectivity index (χ0) is 17.1. The summed E-state index contributed by atoms with van der Waals surface area (Å²) < 4.78 is 0. The van der Waals surface area contributed by atoms with Crippen LogP contribution in [0.15, 0.2) is 42.7 Å². The third-order valence-corrected chi connectivity index (χ3v) is 5.15. The van der Waals surface area contributed by atoms with Gasteiger partial charge in [-0.1, -0.05) is 35.3 Å². The lowest BCUT2D eigenvalue weighted by Gasteiger charge is -2.38. The van der Waals surface area contributed by atoms with Gasteiger partial charge in [0.15, 0.2) is 0 Å². The van der Waals surface area contributed by atoms with E-state index in [0.29, 0.717) is 16.6 Å². The molecule has 0 saturated carbocycles. The van der Waals surface area contributed by atoms with Gasteiger partial charge in [-0.3, -0.25) is 9.78 Å². The first-order valence-corrected chi connectivity index (χ1v) is 8.69. The number of hydrogen-bond acceptors (Lipinski definition) is 3. The minimum absolute atomic E-state index is 0. The Kier molecular flexibility index (Phi) is 7.08. The lowest BCUT2D eigenvalue weighted by Crippen LogP contribution is -2.49. The molecule has 134 valence electrons. The molecule has 1 N–H and O–H groups in total. The minimum atomic E-state index is -0.281. The van der Waals surface area contributed by atoms with Crippen LogP contribution < -0.4 is 5.32 Å². The van der Waals surface area contributed by atoms with Crippen molar-refractivity contribution in [2.75, 3.05) is 19.6 Å². The number of rotatable bonds is 3. The fourth-order valence-corrected chi connectivity index (χ4v) is 3.32. The zero-order valence-corrected chi connectivity index (χ0v) is 16.1.